The van der Waals surface area contributed by atoms with Gasteiger partial charge in [-0.3, -0.25) is 4.72 Å². The third-order valence-corrected chi connectivity index (χ3v) is 6.02. The van der Waals surface area contributed by atoms with Gasteiger partial charge < -0.3 is 4.52 Å². The molecule has 2 aromatic carbocycles. The van der Waals surface area contributed by atoms with Gasteiger partial charge in [0.25, 0.3) is 10.0 Å². The summed E-state index contributed by atoms with van der Waals surface area (Å²) < 4.78 is 91.5. The molecule has 0 aliphatic carbocycles. The quantitative estimate of drug-likeness (QED) is 0.559. The molecule has 0 amide bonds. The minimum Gasteiger partial charge on any atom is -0.329 e. The van der Waals surface area contributed by atoms with E-state index in [0.29, 0.717) is 5.56 Å². The fourth-order valence-electron chi connectivity index (χ4n) is 2.30. The van der Waals surface area contributed by atoms with Gasteiger partial charge in [0.05, 0.1) is 9.79 Å². The van der Waals surface area contributed by atoms with Crippen molar-refractivity contribution in [3.8, 4) is 0 Å². The molecule has 0 aliphatic heterocycles. The van der Waals surface area contributed by atoms with E-state index in [4.69, 9.17) is 5.14 Å². The molecule has 0 bridgehead atoms. The molecule has 0 radical (unpaired) electrons. The molecular weight excluding hydrogens is 461 g/mol. The highest BCUT2D eigenvalue weighted by Crippen LogP contribution is 2.27. The van der Waals surface area contributed by atoms with Crippen molar-refractivity contribution in [3.63, 3.8) is 0 Å². The van der Waals surface area contributed by atoms with E-state index in [1.165, 1.54) is 42.5 Å². The third kappa shape index (κ3) is 5.68. The highest BCUT2D eigenvalue weighted by molar-refractivity contribution is 7.92. The zero-order valence-corrected chi connectivity index (χ0v) is 16.9. The fourth-order valence-corrected chi connectivity index (χ4v) is 3.93. The lowest BCUT2D eigenvalue weighted by Gasteiger charge is -2.09. The minimum absolute atomic E-state index is 0.0971. The monoisotopic (exact) mass is 474 g/mol. The predicted molar refractivity (Wildman–Crippen MR) is 103 cm³/mol. The first kappa shape index (κ1) is 22.5. The van der Waals surface area contributed by atoms with Crippen molar-refractivity contribution in [2.24, 2.45) is 5.14 Å². The molecule has 0 saturated heterocycles. The maximum atomic E-state index is 12.6. The standard InChI is InChI=1S/C17H13F3N4O5S2/c18-17(19,20)16-22-15(23-29-16)9-4-11-2-1-3-14(10-11)31(27,28)24-12-5-7-13(8-6-12)30(21,25)26/h1-10,24H,(H2,21,25,26). The largest absolute Gasteiger partial charge is 0.471 e. The van der Waals surface area contributed by atoms with Crippen LogP contribution in [0, 0.1) is 0 Å². The topological polar surface area (TPSA) is 145 Å². The van der Waals surface area contributed by atoms with E-state index in [0.717, 1.165) is 18.2 Å². The lowest BCUT2D eigenvalue weighted by molar-refractivity contribution is -0.159. The Labute approximate surface area is 174 Å². The third-order valence-electron chi connectivity index (χ3n) is 3.71. The van der Waals surface area contributed by atoms with E-state index in [2.05, 4.69) is 19.4 Å². The molecule has 3 aromatic rings. The lowest BCUT2D eigenvalue weighted by Crippen LogP contribution is -2.14. The van der Waals surface area contributed by atoms with Gasteiger partial charge in [-0.05, 0) is 48.0 Å². The number of alkyl halides is 3. The maximum Gasteiger partial charge on any atom is 0.471 e. The van der Waals surface area contributed by atoms with Crippen LogP contribution in [-0.2, 0) is 26.2 Å². The SMILES string of the molecule is NS(=O)(=O)c1ccc(NS(=O)(=O)c2cccc(C=Cc3noc(C(F)(F)F)n3)c2)cc1. The maximum absolute atomic E-state index is 12.6. The van der Waals surface area contributed by atoms with E-state index in [9.17, 15) is 30.0 Å². The zero-order valence-electron chi connectivity index (χ0n) is 15.2. The van der Waals surface area contributed by atoms with Crippen LogP contribution in [0.15, 0.2) is 62.8 Å². The number of hydrogen-bond acceptors (Lipinski definition) is 7. The molecule has 14 heteroatoms. The summed E-state index contributed by atoms with van der Waals surface area (Å²) in [4.78, 5) is 2.85. The summed E-state index contributed by atoms with van der Waals surface area (Å²) in [5, 5.41) is 8.17. The minimum atomic E-state index is -4.77. The molecule has 0 saturated carbocycles. The van der Waals surface area contributed by atoms with E-state index in [1.54, 1.807) is 0 Å². The number of nitrogens with zero attached hydrogens (tertiary/aromatic N) is 2. The molecule has 164 valence electrons. The van der Waals surface area contributed by atoms with Crippen molar-refractivity contribution >= 4 is 37.9 Å². The van der Waals surface area contributed by atoms with Gasteiger partial charge in [0, 0.05) is 5.69 Å². The molecule has 0 aliphatic rings. The fraction of sp³-hybridized carbons (Fsp3) is 0.0588. The number of anilines is 1. The van der Waals surface area contributed by atoms with Gasteiger partial charge >= 0.3 is 12.1 Å². The Morgan fingerprint density at radius 3 is 2.23 bits per heavy atom. The van der Waals surface area contributed by atoms with Gasteiger partial charge in [0.2, 0.25) is 10.0 Å². The lowest BCUT2D eigenvalue weighted by atomic mass is 10.2. The van der Waals surface area contributed by atoms with Crippen molar-refractivity contribution in [2.75, 3.05) is 4.72 Å². The normalized spacial score (nSPS) is 12.9. The summed E-state index contributed by atoms with van der Waals surface area (Å²) in [7, 11) is -7.97. The second kappa shape index (κ2) is 8.13. The Morgan fingerprint density at radius 2 is 1.65 bits per heavy atom. The van der Waals surface area contributed by atoms with Crippen LogP contribution in [0.2, 0.25) is 0 Å². The molecule has 3 N–H and O–H groups in total. The molecule has 3 rings (SSSR count). The van der Waals surface area contributed by atoms with Crippen molar-refractivity contribution in [1.29, 1.82) is 0 Å². The van der Waals surface area contributed by atoms with E-state index in [1.807, 2.05) is 0 Å². The highest BCUT2D eigenvalue weighted by Gasteiger charge is 2.38. The van der Waals surface area contributed by atoms with Crippen LogP contribution in [-0.4, -0.2) is 27.0 Å². The molecule has 0 atom stereocenters. The second-order valence-electron chi connectivity index (χ2n) is 6.04. The molecular formula is C17H13F3N4O5S2. The highest BCUT2D eigenvalue weighted by atomic mass is 32.2. The first-order chi connectivity index (χ1) is 14.3. The Morgan fingerprint density at radius 1 is 0.968 bits per heavy atom. The summed E-state index contributed by atoms with van der Waals surface area (Å²) in [6.45, 7) is 0. The summed E-state index contributed by atoms with van der Waals surface area (Å²) in [6, 6.07) is 10.3. The van der Waals surface area contributed by atoms with Crippen LogP contribution in [0.3, 0.4) is 0 Å². The second-order valence-corrected chi connectivity index (χ2v) is 9.28. The van der Waals surface area contributed by atoms with Crippen LogP contribution < -0.4 is 9.86 Å². The van der Waals surface area contributed by atoms with Gasteiger partial charge in [-0.15, -0.1) is 0 Å². The van der Waals surface area contributed by atoms with Crippen molar-refractivity contribution in [1.82, 2.24) is 10.1 Å². The van der Waals surface area contributed by atoms with Gasteiger partial charge in [0.15, 0.2) is 5.82 Å². The summed E-state index contributed by atoms with van der Waals surface area (Å²) in [5.41, 5.74) is 0.436. The average molecular weight is 474 g/mol. The van der Waals surface area contributed by atoms with Crippen LogP contribution in [0.5, 0.6) is 0 Å². The first-order valence-electron chi connectivity index (χ1n) is 8.19. The number of nitrogens with two attached hydrogens (primary N) is 1. The van der Waals surface area contributed by atoms with E-state index < -0.39 is 32.1 Å². The molecule has 0 spiro atoms. The molecule has 31 heavy (non-hydrogen) atoms. The number of benzene rings is 2. The number of sulfonamides is 2. The molecule has 9 nitrogen and oxygen atoms in total. The Balaban J connectivity index is 1.79. The van der Waals surface area contributed by atoms with Crippen LogP contribution in [0.1, 0.15) is 17.3 Å². The molecule has 0 unspecified atom stereocenters. The molecule has 0 fully saturated rings. The van der Waals surface area contributed by atoms with Crippen molar-refractivity contribution in [3.05, 3.63) is 65.8 Å². The first-order valence-corrected chi connectivity index (χ1v) is 11.2. The number of hydrogen-bond donors (Lipinski definition) is 2. The molecule has 1 aromatic heterocycles. The predicted octanol–water partition coefficient (Wildman–Crippen LogP) is 2.71. The van der Waals surface area contributed by atoms with Gasteiger partial charge in [0.1, 0.15) is 0 Å². The van der Waals surface area contributed by atoms with Gasteiger partial charge in [-0.1, -0.05) is 23.4 Å². The van der Waals surface area contributed by atoms with E-state index >= 15 is 0 Å². The number of primary sulfonamides is 1. The molecule has 1 heterocycles. The number of nitrogens with one attached hydrogen (secondary N) is 1. The van der Waals surface area contributed by atoms with Crippen molar-refractivity contribution in [2.45, 2.75) is 16.0 Å². The van der Waals surface area contributed by atoms with Crippen LogP contribution in [0.25, 0.3) is 12.2 Å². The summed E-state index contributed by atoms with van der Waals surface area (Å²) >= 11 is 0. The summed E-state index contributed by atoms with van der Waals surface area (Å²) in [5.74, 6) is -1.84. The van der Waals surface area contributed by atoms with E-state index in [-0.39, 0.29) is 21.3 Å². The average Bonchev–Trinajstić information content (AvgIpc) is 3.16. The van der Waals surface area contributed by atoms with Gasteiger partial charge in [-0.25, -0.2) is 22.0 Å². The Kier molecular flexibility index (Phi) is 5.89. The number of rotatable bonds is 6. The van der Waals surface area contributed by atoms with Crippen LogP contribution >= 0.6 is 0 Å². The smallest absolute Gasteiger partial charge is 0.329 e. The number of aromatic nitrogens is 2. The Hall–Kier alpha value is -3.23. The number of halogens is 3. The van der Waals surface area contributed by atoms with Crippen molar-refractivity contribution < 1.29 is 34.5 Å². The van der Waals surface area contributed by atoms with Crippen LogP contribution in [0.4, 0.5) is 18.9 Å². The van der Waals surface area contributed by atoms with Gasteiger partial charge in [-0.2, -0.15) is 18.2 Å². The summed E-state index contributed by atoms with van der Waals surface area (Å²) in [6.07, 6.45) is -2.33. The zero-order chi connectivity index (χ0) is 22.9. The Bertz CT molecular complexity index is 1330.